The minimum Gasteiger partial charge on any atom is -0.292 e. The van der Waals surface area contributed by atoms with Crippen molar-refractivity contribution < 1.29 is 0 Å². The highest BCUT2D eigenvalue weighted by Crippen LogP contribution is 1.88. The molecule has 0 aliphatic carbocycles. The Balaban J connectivity index is 0. The van der Waals surface area contributed by atoms with Crippen LogP contribution in [-0.2, 0) is 0 Å². The molecule has 0 saturated carbocycles. The summed E-state index contributed by atoms with van der Waals surface area (Å²) in [5.74, 6) is 0. The summed E-state index contributed by atoms with van der Waals surface area (Å²) in [7, 11) is 0. The molecule has 0 aromatic heterocycles. The van der Waals surface area contributed by atoms with E-state index in [0.29, 0.717) is 0 Å². The van der Waals surface area contributed by atoms with Crippen LogP contribution in [0.25, 0.3) is 0 Å². The van der Waals surface area contributed by atoms with Gasteiger partial charge in [0.05, 0.1) is 8.41 Å². The number of hydrogen-bond acceptors (Lipinski definition) is 1. The van der Waals surface area contributed by atoms with E-state index < -0.39 is 0 Å². The quantitative estimate of drug-likeness (QED) is 0.398. The van der Waals surface area contributed by atoms with Crippen molar-refractivity contribution in [1.82, 2.24) is 4.90 Å². The van der Waals surface area contributed by atoms with Gasteiger partial charge in [0.1, 0.15) is 0 Å². The van der Waals surface area contributed by atoms with Crippen LogP contribution in [0, 0.1) is 0 Å². The van der Waals surface area contributed by atoms with Gasteiger partial charge in [0.25, 0.3) is 0 Å². The van der Waals surface area contributed by atoms with Gasteiger partial charge in [0.15, 0.2) is 0 Å². The van der Waals surface area contributed by atoms with E-state index in [1.165, 1.54) is 0 Å². The lowest BCUT2D eigenvalue weighted by molar-refractivity contribution is 0.373. The fourth-order valence-electron chi connectivity index (χ4n) is 0.771. The molecule has 0 atom stereocenters. The van der Waals surface area contributed by atoms with Gasteiger partial charge in [-0.05, 0) is 0 Å². The molecule has 0 saturated heterocycles. The number of rotatable bonds is 6. The van der Waals surface area contributed by atoms with Crippen molar-refractivity contribution in [3.8, 4) is 0 Å². The Morgan fingerprint density at radius 2 is 1.09 bits per heavy atom. The van der Waals surface area contributed by atoms with Gasteiger partial charge in [0, 0.05) is 19.6 Å². The monoisotopic (exact) mass is 151 g/mol. The lowest BCUT2D eigenvalue weighted by Crippen LogP contribution is -2.23. The number of hydrogen-bond donors (Lipinski definition) is 0. The van der Waals surface area contributed by atoms with E-state index in [0.717, 1.165) is 19.6 Å². The van der Waals surface area contributed by atoms with Crippen LogP contribution in [0.1, 0.15) is 0 Å². The second kappa shape index (κ2) is 9.24. The van der Waals surface area contributed by atoms with Gasteiger partial charge >= 0.3 is 0 Å². The van der Waals surface area contributed by atoms with Gasteiger partial charge < -0.3 is 0 Å². The predicted molar refractivity (Wildman–Crippen MR) is 57.0 cm³/mol. The molecule has 0 aliphatic rings. The highest BCUT2D eigenvalue weighted by Gasteiger charge is 1.94. The molecule has 0 N–H and O–H groups in total. The third-order valence-electron chi connectivity index (χ3n) is 1.16. The lowest BCUT2D eigenvalue weighted by atomic mass is 10.4. The maximum atomic E-state index is 3.65. The second-order valence-corrected chi connectivity index (χ2v) is 2.08. The minimum absolute atomic E-state index is 0. The molecule has 0 spiro atoms. The average molecular weight is 151 g/mol. The summed E-state index contributed by atoms with van der Waals surface area (Å²) >= 11 is 0. The van der Waals surface area contributed by atoms with E-state index in [-0.39, 0.29) is 8.41 Å². The van der Waals surface area contributed by atoms with Crippen LogP contribution in [-0.4, -0.2) is 32.9 Å². The van der Waals surface area contributed by atoms with E-state index in [1.54, 1.807) is 0 Å². The molecule has 0 rings (SSSR count). The molecule has 0 fully saturated rings. The summed E-state index contributed by atoms with van der Waals surface area (Å²) in [6, 6.07) is 0. The largest absolute Gasteiger partial charge is 0.292 e. The maximum absolute atomic E-state index is 3.65. The molecule has 0 bridgehead atoms. The summed E-state index contributed by atoms with van der Waals surface area (Å²) in [5, 5.41) is 0. The first kappa shape index (κ1) is 12.9. The van der Waals surface area contributed by atoms with Crippen molar-refractivity contribution in [2.75, 3.05) is 19.6 Å². The van der Waals surface area contributed by atoms with Crippen molar-refractivity contribution in [2.45, 2.75) is 0 Å². The Bertz CT molecular complexity index is 97.0. The molecule has 0 radical (unpaired) electrons. The Kier molecular flexibility index (Phi) is 10.8. The smallest absolute Gasteiger partial charge is 0.0814 e. The summed E-state index contributed by atoms with van der Waals surface area (Å²) in [6.45, 7) is 13.7. The SMILES string of the molecule is B.C=CCN(CC=C)CC=C. The van der Waals surface area contributed by atoms with Crippen LogP contribution in [0.2, 0.25) is 0 Å². The van der Waals surface area contributed by atoms with E-state index in [9.17, 15) is 0 Å². The van der Waals surface area contributed by atoms with Gasteiger partial charge in [0.2, 0.25) is 0 Å². The molecule has 0 aliphatic heterocycles. The average Bonchev–Trinajstić information content (AvgIpc) is 1.90. The van der Waals surface area contributed by atoms with Crippen LogP contribution in [0.15, 0.2) is 38.0 Å². The highest BCUT2D eigenvalue weighted by atomic mass is 15.1. The molecule has 0 aromatic rings. The minimum atomic E-state index is 0. The topological polar surface area (TPSA) is 3.24 Å². The van der Waals surface area contributed by atoms with Gasteiger partial charge in [-0.15, -0.1) is 19.7 Å². The fourth-order valence-corrected chi connectivity index (χ4v) is 0.771. The zero-order valence-corrected chi connectivity index (χ0v) is 6.42. The van der Waals surface area contributed by atoms with Crippen LogP contribution >= 0.6 is 0 Å². The van der Waals surface area contributed by atoms with E-state index >= 15 is 0 Å². The summed E-state index contributed by atoms with van der Waals surface area (Å²) in [4.78, 5) is 2.19. The summed E-state index contributed by atoms with van der Waals surface area (Å²) in [6.07, 6.45) is 5.65. The molecule has 0 amide bonds. The van der Waals surface area contributed by atoms with Crippen molar-refractivity contribution in [2.24, 2.45) is 0 Å². The van der Waals surface area contributed by atoms with Gasteiger partial charge in [-0.3, -0.25) is 4.90 Å². The molecule has 11 heavy (non-hydrogen) atoms. The van der Waals surface area contributed by atoms with Crippen molar-refractivity contribution in [3.63, 3.8) is 0 Å². The van der Waals surface area contributed by atoms with E-state index in [2.05, 4.69) is 24.6 Å². The summed E-state index contributed by atoms with van der Waals surface area (Å²) < 4.78 is 0. The van der Waals surface area contributed by atoms with Gasteiger partial charge in [-0.1, -0.05) is 18.2 Å². The van der Waals surface area contributed by atoms with Crippen LogP contribution in [0.3, 0.4) is 0 Å². The van der Waals surface area contributed by atoms with Crippen LogP contribution in [0.4, 0.5) is 0 Å². The third kappa shape index (κ3) is 7.14. The summed E-state index contributed by atoms with van der Waals surface area (Å²) in [5.41, 5.74) is 0. The number of nitrogens with zero attached hydrogens (tertiary/aromatic N) is 1. The molecule has 0 unspecified atom stereocenters. The molecule has 2 heteroatoms. The predicted octanol–water partition coefficient (Wildman–Crippen LogP) is 0.662. The molecule has 62 valence electrons. The van der Waals surface area contributed by atoms with Gasteiger partial charge in [-0.2, -0.15) is 0 Å². The third-order valence-corrected chi connectivity index (χ3v) is 1.16. The molecular weight excluding hydrogens is 133 g/mol. The molecular formula is C9H18BN. The first-order valence-corrected chi connectivity index (χ1v) is 3.40. The second-order valence-electron chi connectivity index (χ2n) is 2.08. The van der Waals surface area contributed by atoms with Crippen LogP contribution in [0.5, 0.6) is 0 Å². The highest BCUT2D eigenvalue weighted by molar-refractivity contribution is 5.75. The standard InChI is InChI=1S/C9H15N.BH3/c1-4-7-10(8-5-2)9-6-3;/h4-6H,1-3,7-9H2;1H3. The van der Waals surface area contributed by atoms with Crippen molar-refractivity contribution >= 4 is 8.41 Å². The van der Waals surface area contributed by atoms with Crippen LogP contribution < -0.4 is 0 Å². The lowest BCUT2D eigenvalue weighted by Gasteiger charge is -2.15. The zero-order valence-electron chi connectivity index (χ0n) is 6.42. The molecule has 1 nitrogen and oxygen atoms in total. The molecule has 0 aromatic carbocycles. The first-order valence-electron chi connectivity index (χ1n) is 3.40. The first-order chi connectivity index (χ1) is 4.85. The van der Waals surface area contributed by atoms with Gasteiger partial charge in [-0.25, -0.2) is 0 Å². The van der Waals surface area contributed by atoms with Crippen molar-refractivity contribution in [1.29, 1.82) is 0 Å². The Morgan fingerprint density at radius 1 is 0.818 bits per heavy atom. The van der Waals surface area contributed by atoms with Crippen molar-refractivity contribution in [3.05, 3.63) is 38.0 Å². The Hall–Kier alpha value is -0.755. The maximum Gasteiger partial charge on any atom is 0.0814 e. The Labute approximate surface area is 71.7 Å². The molecule has 0 heterocycles. The Morgan fingerprint density at radius 3 is 1.27 bits per heavy atom. The zero-order chi connectivity index (χ0) is 7.82. The fraction of sp³-hybridized carbons (Fsp3) is 0.333. The van der Waals surface area contributed by atoms with E-state index in [1.807, 2.05) is 18.2 Å². The normalized spacial score (nSPS) is 8.45. The van der Waals surface area contributed by atoms with E-state index in [4.69, 9.17) is 0 Å².